The van der Waals surface area contributed by atoms with Crippen LogP contribution >= 0.6 is 0 Å². The number of aromatic amines is 1. The van der Waals surface area contributed by atoms with Gasteiger partial charge in [-0.05, 0) is 73.4 Å². The number of H-pyrrole nitrogens is 1. The van der Waals surface area contributed by atoms with Crippen molar-refractivity contribution >= 4 is 28.2 Å². The average Bonchev–Trinajstić information content (AvgIpc) is 2.96. The van der Waals surface area contributed by atoms with Gasteiger partial charge < -0.3 is 24.7 Å². The SMILES string of the molecule is CCOCC(=O)N1CCC(c2ccc(Nc3nc(-c4cncc(OC)n4)cc4cc[nH]c(=O)c34)cc2C)CC1. The summed E-state index contributed by atoms with van der Waals surface area (Å²) in [6.07, 6.45) is 6.58. The van der Waals surface area contributed by atoms with E-state index in [9.17, 15) is 9.59 Å². The number of likely N-dealkylation sites (tertiary alicyclic amines) is 1. The van der Waals surface area contributed by atoms with Gasteiger partial charge in [0.25, 0.3) is 5.56 Å². The number of anilines is 2. The van der Waals surface area contributed by atoms with E-state index in [0.717, 1.165) is 42.6 Å². The maximum absolute atomic E-state index is 12.8. The lowest BCUT2D eigenvalue weighted by molar-refractivity contribution is -0.137. The number of carbonyl (C=O) groups excluding carboxylic acids is 1. The van der Waals surface area contributed by atoms with Crippen LogP contribution in [0.2, 0.25) is 0 Å². The van der Waals surface area contributed by atoms with Gasteiger partial charge in [-0.15, -0.1) is 0 Å². The lowest BCUT2D eigenvalue weighted by atomic mass is 9.86. The van der Waals surface area contributed by atoms with Crippen LogP contribution in [0.1, 0.15) is 36.8 Å². The van der Waals surface area contributed by atoms with Crippen molar-refractivity contribution in [1.29, 1.82) is 0 Å². The van der Waals surface area contributed by atoms with Gasteiger partial charge in [0, 0.05) is 31.6 Å². The van der Waals surface area contributed by atoms with Crippen LogP contribution in [0.25, 0.3) is 22.2 Å². The number of nitrogens with one attached hydrogen (secondary N) is 2. The summed E-state index contributed by atoms with van der Waals surface area (Å²) in [6.45, 7) is 6.14. The zero-order valence-electron chi connectivity index (χ0n) is 22.4. The number of rotatable bonds is 8. The maximum atomic E-state index is 12.8. The Morgan fingerprint density at radius 3 is 2.69 bits per heavy atom. The number of aryl methyl sites for hydroxylation is 1. The highest BCUT2D eigenvalue weighted by Crippen LogP contribution is 2.33. The third-order valence-corrected chi connectivity index (χ3v) is 7.09. The number of pyridine rings is 2. The second-order valence-corrected chi connectivity index (χ2v) is 9.56. The number of methoxy groups -OCH3 is 1. The Hall–Kier alpha value is -4.31. The molecule has 0 radical (unpaired) electrons. The number of benzene rings is 1. The van der Waals surface area contributed by atoms with Crippen LogP contribution in [0, 0.1) is 6.92 Å². The molecule has 1 aromatic carbocycles. The Morgan fingerprint density at radius 2 is 1.95 bits per heavy atom. The van der Waals surface area contributed by atoms with Crippen molar-refractivity contribution in [3.63, 3.8) is 0 Å². The third-order valence-electron chi connectivity index (χ3n) is 7.09. The minimum atomic E-state index is -0.232. The topological polar surface area (TPSA) is 122 Å². The highest BCUT2D eigenvalue weighted by atomic mass is 16.5. The lowest BCUT2D eigenvalue weighted by Gasteiger charge is -2.33. The lowest BCUT2D eigenvalue weighted by Crippen LogP contribution is -2.40. The number of ether oxygens (including phenoxy) is 2. The van der Waals surface area contributed by atoms with E-state index in [4.69, 9.17) is 14.5 Å². The summed E-state index contributed by atoms with van der Waals surface area (Å²) >= 11 is 0. The predicted molar refractivity (Wildman–Crippen MR) is 149 cm³/mol. The fourth-order valence-electron chi connectivity index (χ4n) is 5.07. The molecule has 1 saturated heterocycles. The van der Waals surface area contributed by atoms with E-state index in [-0.39, 0.29) is 18.1 Å². The molecule has 0 unspecified atom stereocenters. The van der Waals surface area contributed by atoms with Crippen molar-refractivity contribution in [3.8, 4) is 17.3 Å². The van der Waals surface area contributed by atoms with E-state index >= 15 is 0 Å². The van der Waals surface area contributed by atoms with Gasteiger partial charge in [-0.3, -0.25) is 14.6 Å². The second kappa shape index (κ2) is 11.6. The van der Waals surface area contributed by atoms with Crippen molar-refractivity contribution in [1.82, 2.24) is 24.8 Å². The zero-order valence-corrected chi connectivity index (χ0v) is 22.4. The molecule has 5 rings (SSSR count). The molecular formula is C29H32N6O4. The first-order valence-corrected chi connectivity index (χ1v) is 13.1. The molecular weight excluding hydrogens is 496 g/mol. The minimum Gasteiger partial charge on any atom is -0.480 e. The summed E-state index contributed by atoms with van der Waals surface area (Å²) < 4.78 is 10.5. The number of amides is 1. The van der Waals surface area contributed by atoms with Crippen molar-refractivity contribution in [2.75, 3.05) is 38.7 Å². The summed E-state index contributed by atoms with van der Waals surface area (Å²) in [7, 11) is 1.53. The van der Waals surface area contributed by atoms with Crippen molar-refractivity contribution < 1.29 is 14.3 Å². The van der Waals surface area contributed by atoms with E-state index in [1.807, 2.05) is 30.0 Å². The maximum Gasteiger partial charge on any atom is 0.259 e. The first-order valence-electron chi connectivity index (χ1n) is 13.1. The molecule has 0 aliphatic carbocycles. The summed E-state index contributed by atoms with van der Waals surface area (Å²) in [5.41, 5.74) is 4.12. The number of nitrogens with zero attached hydrogens (tertiary/aromatic N) is 4. The molecule has 4 aromatic rings. The van der Waals surface area contributed by atoms with Crippen LogP contribution in [-0.2, 0) is 9.53 Å². The first kappa shape index (κ1) is 26.3. The third kappa shape index (κ3) is 5.75. The quantitative estimate of drug-likeness (QED) is 0.349. The van der Waals surface area contributed by atoms with E-state index < -0.39 is 0 Å². The van der Waals surface area contributed by atoms with E-state index in [2.05, 4.69) is 39.3 Å². The van der Waals surface area contributed by atoms with Gasteiger partial charge in [0.05, 0.1) is 30.6 Å². The number of aromatic nitrogens is 4. The van der Waals surface area contributed by atoms with E-state index in [1.54, 1.807) is 12.4 Å². The molecule has 1 aliphatic heterocycles. The van der Waals surface area contributed by atoms with Gasteiger partial charge in [-0.2, -0.15) is 0 Å². The largest absolute Gasteiger partial charge is 0.480 e. The molecule has 2 N–H and O–H groups in total. The Balaban J connectivity index is 1.39. The first-order chi connectivity index (χ1) is 19.0. The van der Waals surface area contributed by atoms with E-state index in [0.29, 0.717) is 41.0 Å². The molecule has 0 atom stereocenters. The Morgan fingerprint density at radius 1 is 1.13 bits per heavy atom. The average molecular weight is 529 g/mol. The molecule has 202 valence electrons. The molecule has 4 heterocycles. The molecule has 1 amide bonds. The number of hydrogen-bond acceptors (Lipinski definition) is 8. The molecule has 3 aromatic heterocycles. The molecule has 1 aliphatic rings. The highest BCUT2D eigenvalue weighted by molar-refractivity contribution is 5.95. The normalized spacial score (nSPS) is 14.0. The predicted octanol–water partition coefficient (Wildman–Crippen LogP) is 4.18. The van der Waals surface area contributed by atoms with Gasteiger partial charge >= 0.3 is 0 Å². The zero-order chi connectivity index (χ0) is 27.4. The van der Waals surface area contributed by atoms with Crippen LogP contribution in [-0.4, -0.2) is 64.2 Å². The van der Waals surface area contributed by atoms with Gasteiger partial charge in [0.15, 0.2) is 0 Å². The van der Waals surface area contributed by atoms with Crippen LogP contribution in [0.5, 0.6) is 5.88 Å². The van der Waals surface area contributed by atoms with Crippen molar-refractivity contribution in [3.05, 3.63) is 70.4 Å². The van der Waals surface area contributed by atoms with Crippen LogP contribution in [0.15, 0.2) is 53.7 Å². The summed E-state index contributed by atoms with van der Waals surface area (Å²) in [5.74, 6) is 1.25. The van der Waals surface area contributed by atoms with Gasteiger partial charge in [0.2, 0.25) is 11.8 Å². The Bertz CT molecular complexity index is 1540. The van der Waals surface area contributed by atoms with Gasteiger partial charge in [-0.25, -0.2) is 9.97 Å². The Kier molecular flexibility index (Phi) is 7.83. The van der Waals surface area contributed by atoms with Crippen molar-refractivity contribution in [2.24, 2.45) is 0 Å². The number of carbonyl (C=O) groups is 1. The molecule has 0 bridgehead atoms. The smallest absolute Gasteiger partial charge is 0.259 e. The number of piperidine rings is 1. The molecule has 0 saturated carbocycles. The molecule has 0 spiro atoms. The monoisotopic (exact) mass is 528 g/mol. The summed E-state index contributed by atoms with van der Waals surface area (Å²) in [4.78, 5) is 43.1. The van der Waals surface area contributed by atoms with Crippen molar-refractivity contribution in [2.45, 2.75) is 32.6 Å². The molecule has 10 nitrogen and oxygen atoms in total. The molecule has 10 heteroatoms. The summed E-state index contributed by atoms with van der Waals surface area (Å²) in [6, 6.07) is 9.87. The minimum absolute atomic E-state index is 0.0587. The van der Waals surface area contributed by atoms with E-state index in [1.165, 1.54) is 18.9 Å². The van der Waals surface area contributed by atoms with Crippen LogP contribution in [0.4, 0.5) is 11.5 Å². The van der Waals surface area contributed by atoms with Gasteiger partial charge in [-0.1, -0.05) is 6.07 Å². The second-order valence-electron chi connectivity index (χ2n) is 9.56. The van der Waals surface area contributed by atoms with Crippen LogP contribution < -0.4 is 15.6 Å². The number of fused-ring (bicyclic) bond motifs is 1. The van der Waals surface area contributed by atoms with Gasteiger partial charge in [0.1, 0.15) is 18.1 Å². The van der Waals surface area contributed by atoms with Crippen LogP contribution in [0.3, 0.4) is 0 Å². The summed E-state index contributed by atoms with van der Waals surface area (Å²) in [5, 5.41) is 4.55. The fraction of sp³-hybridized carbons (Fsp3) is 0.345. The Labute approximate surface area is 226 Å². The fourth-order valence-corrected chi connectivity index (χ4v) is 5.07. The standard InChI is InChI=1S/C29H32N6O4/c1-4-39-17-26(36)35-11-8-19(9-12-35)22-6-5-21(13-18(22)2)32-28-27-20(7-10-31-29(27)37)14-23(34-28)24-15-30-16-25(33-24)38-3/h5-7,10,13-16,19H,4,8-9,11-12,17H2,1-3H3,(H,31,37)(H,32,34). The number of hydrogen-bond donors (Lipinski definition) is 2. The molecule has 39 heavy (non-hydrogen) atoms. The molecule has 1 fully saturated rings. The highest BCUT2D eigenvalue weighted by Gasteiger charge is 2.25.